The van der Waals surface area contributed by atoms with Crippen LogP contribution in [-0.2, 0) is 6.61 Å². The molecule has 1 heterocycles. The van der Waals surface area contributed by atoms with Crippen LogP contribution in [-0.4, -0.2) is 10.1 Å². The van der Waals surface area contributed by atoms with Crippen molar-refractivity contribution in [2.75, 3.05) is 0 Å². The molecule has 94 valence electrons. The van der Waals surface area contributed by atoms with E-state index in [1.807, 2.05) is 0 Å². The third kappa shape index (κ3) is 2.73. The maximum absolute atomic E-state index is 9.00. The zero-order chi connectivity index (χ0) is 13.3. The number of hydrogen-bond acceptors (Lipinski definition) is 2. The Morgan fingerprint density at radius 3 is 2.33 bits per heavy atom. The molecule has 0 atom stereocenters. The molecule has 0 unspecified atom stereocenters. The first-order valence-corrected chi connectivity index (χ1v) is 6.44. The Balaban J connectivity index is 2.62. The molecular formula is C12H7Cl4NO. The predicted molar refractivity (Wildman–Crippen MR) is 75.6 cm³/mol. The van der Waals surface area contributed by atoms with Crippen LogP contribution in [0, 0.1) is 0 Å². The van der Waals surface area contributed by atoms with Crippen LogP contribution in [0.1, 0.15) is 5.56 Å². The first-order valence-electron chi connectivity index (χ1n) is 4.93. The highest BCUT2D eigenvalue weighted by atomic mass is 35.5. The average molecular weight is 323 g/mol. The van der Waals surface area contributed by atoms with Crippen molar-refractivity contribution in [1.29, 1.82) is 0 Å². The Morgan fingerprint density at radius 1 is 1.00 bits per heavy atom. The van der Waals surface area contributed by atoms with Crippen molar-refractivity contribution in [2.24, 2.45) is 0 Å². The van der Waals surface area contributed by atoms with Gasteiger partial charge in [-0.15, -0.1) is 0 Å². The number of halogens is 4. The minimum Gasteiger partial charge on any atom is -0.392 e. The zero-order valence-electron chi connectivity index (χ0n) is 8.92. The van der Waals surface area contributed by atoms with E-state index in [4.69, 9.17) is 51.5 Å². The van der Waals surface area contributed by atoms with Crippen molar-refractivity contribution < 1.29 is 5.11 Å². The zero-order valence-corrected chi connectivity index (χ0v) is 11.9. The smallest absolute Gasteiger partial charge is 0.0904 e. The molecule has 2 nitrogen and oxygen atoms in total. The van der Waals surface area contributed by atoms with Gasteiger partial charge in [-0.25, -0.2) is 0 Å². The summed E-state index contributed by atoms with van der Waals surface area (Å²) in [4.78, 5) is 4.17. The molecule has 0 bridgehead atoms. The summed E-state index contributed by atoms with van der Waals surface area (Å²) in [6, 6.07) is 4.81. The highest BCUT2D eigenvalue weighted by molar-refractivity contribution is 6.45. The summed E-state index contributed by atoms with van der Waals surface area (Å²) in [5.74, 6) is 0. The average Bonchev–Trinajstić information content (AvgIpc) is 2.34. The Bertz CT molecular complexity index is 601. The molecule has 0 amide bonds. The van der Waals surface area contributed by atoms with Gasteiger partial charge in [0.05, 0.1) is 27.4 Å². The molecule has 0 fully saturated rings. The molecule has 0 spiro atoms. The molecule has 0 aliphatic rings. The standard InChI is InChI=1S/C12H7Cl4NO/c13-7-2-8(11(16)9(14)3-7)12-10(15)1-6(5-18)4-17-12/h1-4,18H,5H2. The highest BCUT2D eigenvalue weighted by Gasteiger charge is 2.13. The van der Waals surface area contributed by atoms with Crippen LogP contribution >= 0.6 is 46.4 Å². The molecule has 0 saturated carbocycles. The lowest BCUT2D eigenvalue weighted by Crippen LogP contribution is -1.91. The van der Waals surface area contributed by atoms with Gasteiger partial charge in [0, 0.05) is 16.8 Å². The molecule has 0 radical (unpaired) electrons. The summed E-state index contributed by atoms with van der Waals surface area (Å²) in [7, 11) is 0. The van der Waals surface area contributed by atoms with Gasteiger partial charge >= 0.3 is 0 Å². The van der Waals surface area contributed by atoms with Crippen LogP contribution < -0.4 is 0 Å². The Hall–Kier alpha value is -0.510. The van der Waals surface area contributed by atoms with E-state index in [9.17, 15) is 0 Å². The molecular weight excluding hydrogens is 316 g/mol. The molecule has 6 heteroatoms. The second kappa shape index (κ2) is 5.64. The van der Waals surface area contributed by atoms with Crippen molar-refractivity contribution in [2.45, 2.75) is 6.61 Å². The predicted octanol–water partition coefficient (Wildman–Crippen LogP) is 4.85. The number of benzene rings is 1. The maximum atomic E-state index is 9.00. The van der Waals surface area contributed by atoms with E-state index in [0.717, 1.165) is 0 Å². The normalized spacial score (nSPS) is 10.7. The topological polar surface area (TPSA) is 33.1 Å². The van der Waals surface area contributed by atoms with E-state index in [1.165, 1.54) is 6.20 Å². The van der Waals surface area contributed by atoms with Crippen molar-refractivity contribution in [1.82, 2.24) is 4.98 Å². The van der Waals surface area contributed by atoms with Crippen LogP contribution in [0.3, 0.4) is 0 Å². The summed E-state index contributed by atoms with van der Waals surface area (Å²) >= 11 is 24.1. The van der Waals surface area contributed by atoms with Gasteiger partial charge in [-0.3, -0.25) is 4.98 Å². The third-order valence-corrected chi connectivity index (χ3v) is 3.64. The number of aliphatic hydroxyl groups excluding tert-OH is 1. The van der Waals surface area contributed by atoms with E-state index in [1.54, 1.807) is 18.2 Å². The van der Waals surface area contributed by atoms with Crippen LogP contribution in [0.15, 0.2) is 24.4 Å². The second-order valence-corrected chi connectivity index (χ2v) is 5.21. The summed E-state index contributed by atoms with van der Waals surface area (Å²) in [6.45, 7) is -0.128. The molecule has 0 aliphatic carbocycles. The lowest BCUT2D eigenvalue weighted by atomic mass is 10.1. The van der Waals surface area contributed by atoms with Crippen LogP contribution in [0.4, 0.5) is 0 Å². The van der Waals surface area contributed by atoms with Gasteiger partial charge < -0.3 is 5.11 Å². The van der Waals surface area contributed by atoms with Gasteiger partial charge in [-0.2, -0.15) is 0 Å². The van der Waals surface area contributed by atoms with Crippen molar-refractivity contribution in [3.63, 3.8) is 0 Å². The molecule has 2 rings (SSSR count). The van der Waals surface area contributed by atoms with Crippen LogP contribution in [0.2, 0.25) is 20.1 Å². The Morgan fingerprint density at radius 2 is 1.72 bits per heavy atom. The third-order valence-electron chi connectivity index (χ3n) is 2.33. The molecule has 2 aromatic rings. The molecule has 1 N–H and O–H groups in total. The molecule has 1 aromatic heterocycles. The van der Waals surface area contributed by atoms with E-state index in [-0.39, 0.29) is 6.61 Å². The maximum Gasteiger partial charge on any atom is 0.0904 e. The molecule has 1 aromatic carbocycles. The minimum absolute atomic E-state index is 0.128. The largest absolute Gasteiger partial charge is 0.392 e. The van der Waals surface area contributed by atoms with E-state index >= 15 is 0 Å². The summed E-state index contributed by atoms with van der Waals surface area (Å²) in [5.41, 5.74) is 1.65. The van der Waals surface area contributed by atoms with E-state index < -0.39 is 0 Å². The number of pyridine rings is 1. The first kappa shape index (κ1) is 13.9. The molecule has 18 heavy (non-hydrogen) atoms. The molecule has 0 saturated heterocycles. The van der Waals surface area contributed by atoms with Gasteiger partial charge in [0.1, 0.15) is 0 Å². The fourth-order valence-corrected chi connectivity index (χ4v) is 2.47. The number of nitrogens with zero attached hydrogens (tertiary/aromatic N) is 1. The number of aliphatic hydroxyl groups is 1. The Labute approximate surface area is 124 Å². The highest BCUT2D eigenvalue weighted by Crippen LogP contribution is 2.38. The number of aromatic nitrogens is 1. The van der Waals surface area contributed by atoms with Crippen LogP contribution in [0.5, 0.6) is 0 Å². The van der Waals surface area contributed by atoms with Crippen molar-refractivity contribution in [3.8, 4) is 11.3 Å². The summed E-state index contributed by atoms with van der Waals surface area (Å²) in [5, 5.41) is 10.5. The summed E-state index contributed by atoms with van der Waals surface area (Å²) in [6.07, 6.45) is 1.52. The lowest BCUT2D eigenvalue weighted by Gasteiger charge is -2.09. The van der Waals surface area contributed by atoms with Crippen molar-refractivity contribution in [3.05, 3.63) is 50.0 Å². The van der Waals surface area contributed by atoms with Gasteiger partial charge in [0.2, 0.25) is 0 Å². The van der Waals surface area contributed by atoms with Crippen LogP contribution in [0.25, 0.3) is 11.3 Å². The van der Waals surface area contributed by atoms with E-state index in [0.29, 0.717) is 36.9 Å². The lowest BCUT2D eigenvalue weighted by molar-refractivity contribution is 0.281. The fraction of sp³-hybridized carbons (Fsp3) is 0.0833. The quantitative estimate of drug-likeness (QED) is 0.801. The minimum atomic E-state index is -0.128. The van der Waals surface area contributed by atoms with Crippen molar-refractivity contribution >= 4 is 46.4 Å². The fourth-order valence-electron chi connectivity index (χ4n) is 1.49. The van der Waals surface area contributed by atoms with Gasteiger partial charge in [-0.1, -0.05) is 46.4 Å². The monoisotopic (exact) mass is 321 g/mol. The SMILES string of the molecule is OCc1cnc(-c2cc(Cl)cc(Cl)c2Cl)c(Cl)c1. The summed E-state index contributed by atoms with van der Waals surface area (Å²) < 4.78 is 0. The number of rotatable bonds is 2. The van der Waals surface area contributed by atoms with Gasteiger partial charge in [0.15, 0.2) is 0 Å². The van der Waals surface area contributed by atoms with Gasteiger partial charge in [-0.05, 0) is 23.8 Å². The second-order valence-electron chi connectivity index (χ2n) is 3.58. The van der Waals surface area contributed by atoms with Gasteiger partial charge in [0.25, 0.3) is 0 Å². The molecule has 0 aliphatic heterocycles. The number of hydrogen-bond donors (Lipinski definition) is 1. The Kier molecular flexibility index (Phi) is 4.36. The first-order chi connectivity index (χ1) is 8.52. The van der Waals surface area contributed by atoms with E-state index in [2.05, 4.69) is 4.98 Å².